The molecule has 4 heteroatoms. The zero-order valence-electron chi connectivity index (χ0n) is 9.72. The Bertz CT molecular complexity index is 287. The van der Waals surface area contributed by atoms with Crippen LogP contribution in [0.4, 0.5) is 0 Å². The van der Waals surface area contributed by atoms with Gasteiger partial charge in [-0.3, -0.25) is 0 Å². The van der Waals surface area contributed by atoms with Gasteiger partial charge in [0.25, 0.3) is 0 Å². The van der Waals surface area contributed by atoms with Crippen molar-refractivity contribution >= 4 is 0 Å². The van der Waals surface area contributed by atoms with Crippen LogP contribution in [0.3, 0.4) is 0 Å². The standard InChI is InChI=1S/C12H18O4/c1-5-7-13-9-8(6-2)14-11-10(9)15-12(3,4)16-11/h5-6,8-11H,1-2,7H2,3-4H3/t8-,9-,10-,11-/m1/s1. The monoisotopic (exact) mass is 226 g/mol. The van der Waals surface area contributed by atoms with E-state index in [4.69, 9.17) is 18.9 Å². The van der Waals surface area contributed by atoms with E-state index in [1.165, 1.54) is 0 Å². The lowest BCUT2D eigenvalue weighted by atomic mass is 10.1. The van der Waals surface area contributed by atoms with E-state index in [0.29, 0.717) is 6.61 Å². The molecule has 90 valence electrons. The number of hydrogen-bond acceptors (Lipinski definition) is 4. The van der Waals surface area contributed by atoms with Gasteiger partial charge in [-0.1, -0.05) is 12.2 Å². The molecule has 0 amide bonds. The van der Waals surface area contributed by atoms with Crippen LogP contribution in [0.2, 0.25) is 0 Å². The first kappa shape index (κ1) is 11.8. The van der Waals surface area contributed by atoms with Gasteiger partial charge in [0.2, 0.25) is 0 Å². The normalized spacial score (nSPS) is 40.6. The molecular formula is C12H18O4. The fourth-order valence-corrected chi connectivity index (χ4v) is 2.06. The molecular weight excluding hydrogens is 208 g/mol. The van der Waals surface area contributed by atoms with E-state index in [1.54, 1.807) is 12.2 Å². The zero-order chi connectivity index (χ0) is 11.8. The van der Waals surface area contributed by atoms with Gasteiger partial charge in [-0.05, 0) is 13.8 Å². The third kappa shape index (κ3) is 2.06. The Labute approximate surface area is 95.8 Å². The van der Waals surface area contributed by atoms with Gasteiger partial charge in [0.15, 0.2) is 12.1 Å². The molecule has 4 nitrogen and oxygen atoms in total. The van der Waals surface area contributed by atoms with Crippen molar-refractivity contribution < 1.29 is 18.9 Å². The van der Waals surface area contributed by atoms with Crippen molar-refractivity contribution in [3.63, 3.8) is 0 Å². The summed E-state index contributed by atoms with van der Waals surface area (Å²) in [4.78, 5) is 0. The number of ether oxygens (including phenoxy) is 4. The number of hydrogen-bond donors (Lipinski definition) is 0. The first-order valence-corrected chi connectivity index (χ1v) is 5.43. The van der Waals surface area contributed by atoms with E-state index in [1.807, 2.05) is 13.8 Å². The summed E-state index contributed by atoms with van der Waals surface area (Å²) in [7, 11) is 0. The van der Waals surface area contributed by atoms with E-state index in [-0.39, 0.29) is 24.6 Å². The fraction of sp³-hybridized carbons (Fsp3) is 0.667. The SMILES string of the molecule is C=CCO[C@H]1[C@H]2OC(C)(C)O[C@H]2O[C@@H]1C=C. The predicted octanol–water partition coefficient (Wildman–Crippen LogP) is 1.62. The van der Waals surface area contributed by atoms with Crippen LogP contribution < -0.4 is 0 Å². The summed E-state index contributed by atoms with van der Waals surface area (Å²) >= 11 is 0. The quantitative estimate of drug-likeness (QED) is 0.683. The molecule has 0 aromatic heterocycles. The molecule has 16 heavy (non-hydrogen) atoms. The molecule has 2 aliphatic heterocycles. The summed E-state index contributed by atoms with van der Waals surface area (Å²) in [6, 6.07) is 0. The molecule has 0 aromatic carbocycles. The van der Waals surface area contributed by atoms with Gasteiger partial charge in [-0.15, -0.1) is 13.2 Å². The van der Waals surface area contributed by atoms with Gasteiger partial charge in [-0.25, -0.2) is 0 Å². The van der Waals surface area contributed by atoms with Crippen LogP contribution in [-0.2, 0) is 18.9 Å². The first-order chi connectivity index (χ1) is 7.57. The van der Waals surface area contributed by atoms with Crippen molar-refractivity contribution in [3.05, 3.63) is 25.3 Å². The molecule has 0 aromatic rings. The molecule has 0 bridgehead atoms. The summed E-state index contributed by atoms with van der Waals surface area (Å²) in [6.45, 7) is 11.5. The smallest absolute Gasteiger partial charge is 0.190 e. The maximum Gasteiger partial charge on any atom is 0.190 e. The summed E-state index contributed by atoms with van der Waals surface area (Å²) in [5.41, 5.74) is 0. The van der Waals surface area contributed by atoms with Gasteiger partial charge in [0.1, 0.15) is 18.3 Å². The van der Waals surface area contributed by atoms with E-state index >= 15 is 0 Å². The highest BCUT2D eigenvalue weighted by atomic mass is 16.8. The minimum absolute atomic E-state index is 0.178. The summed E-state index contributed by atoms with van der Waals surface area (Å²) < 4.78 is 22.7. The highest BCUT2D eigenvalue weighted by Crippen LogP contribution is 2.38. The lowest BCUT2D eigenvalue weighted by molar-refractivity contribution is -0.211. The van der Waals surface area contributed by atoms with Crippen molar-refractivity contribution in [3.8, 4) is 0 Å². The summed E-state index contributed by atoms with van der Waals surface area (Å²) in [6.07, 6.45) is 2.49. The second-order valence-corrected chi connectivity index (χ2v) is 4.39. The highest BCUT2D eigenvalue weighted by molar-refractivity contribution is 5.01. The minimum atomic E-state index is -0.614. The second-order valence-electron chi connectivity index (χ2n) is 4.39. The van der Waals surface area contributed by atoms with Gasteiger partial charge in [0, 0.05) is 0 Å². The Balaban J connectivity index is 2.07. The van der Waals surface area contributed by atoms with Gasteiger partial charge >= 0.3 is 0 Å². The molecule has 2 rings (SSSR count). The van der Waals surface area contributed by atoms with Crippen molar-refractivity contribution in [1.29, 1.82) is 0 Å². The van der Waals surface area contributed by atoms with E-state index in [0.717, 1.165) is 0 Å². The van der Waals surface area contributed by atoms with Gasteiger partial charge < -0.3 is 18.9 Å². The first-order valence-electron chi connectivity index (χ1n) is 5.43. The molecule has 0 radical (unpaired) electrons. The fourth-order valence-electron chi connectivity index (χ4n) is 2.06. The van der Waals surface area contributed by atoms with Crippen molar-refractivity contribution in [2.75, 3.05) is 6.61 Å². The Morgan fingerprint density at radius 1 is 1.31 bits per heavy atom. The van der Waals surface area contributed by atoms with Crippen LogP contribution in [0.5, 0.6) is 0 Å². The van der Waals surface area contributed by atoms with Crippen LogP contribution in [0.15, 0.2) is 25.3 Å². The van der Waals surface area contributed by atoms with Crippen LogP contribution in [0.25, 0.3) is 0 Å². The summed E-state index contributed by atoms with van der Waals surface area (Å²) in [5.74, 6) is -0.614. The third-order valence-electron chi connectivity index (χ3n) is 2.67. The van der Waals surface area contributed by atoms with E-state index in [2.05, 4.69) is 13.2 Å². The minimum Gasteiger partial charge on any atom is -0.368 e. The third-order valence-corrected chi connectivity index (χ3v) is 2.67. The van der Waals surface area contributed by atoms with Crippen LogP contribution in [-0.4, -0.2) is 37.0 Å². The molecule has 2 aliphatic rings. The topological polar surface area (TPSA) is 36.9 Å². The highest BCUT2D eigenvalue weighted by Gasteiger charge is 2.54. The molecule has 0 N–H and O–H groups in total. The molecule has 0 aliphatic carbocycles. The molecule has 0 saturated carbocycles. The van der Waals surface area contributed by atoms with Crippen LogP contribution >= 0.6 is 0 Å². The molecule has 0 spiro atoms. The predicted molar refractivity (Wildman–Crippen MR) is 58.8 cm³/mol. The van der Waals surface area contributed by atoms with Gasteiger partial charge in [0.05, 0.1) is 6.61 Å². The maximum atomic E-state index is 5.76. The summed E-state index contributed by atoms with van der Waals surface area (Å²) in [5, 5.41) is 0. The number of rotatable bonds is 4. The Kier molecular flexibility index (Phi) is 3.17. The van der Waals surface area contributed by atoms with Crippen LogP contribution in [0, 0.1) is 0 Å². The maximum absolute atomic E-state index is 5.76. The average Bonchev–Trinajstić information content (AvgIpc) is 2.67. The molecule has 4 atom stereocenters. The Morgan fingerprint density at radius 2 is 2.06 bits per heavy atom. The Morgan fingerprint density at radius 3 is 2.69 bits per heavy atom. The van der Waals surface area contributed by atoms with Crippen molar-refractivity contribution in [2.45, 2.75) is 44.2 Å². The molecule has 2 saturated heterocycles. The largest absolute Gasteiger partial charge is 0.368 e. The van der Waals surface area contributed by atoms with Crippen molar-refractivity contribution in [1.82, 2.24) is 0 Å². The molecule has 2 heterocycles. The lowest BCUT2D eigenvalue weighted by Gasteiger charge is -2.24. The molecule has 0 unspecified atom stereocenters. The van der Waals surface area contributed by atoms with E-state index in [9.17, 15) is 0 Å². The van der Waals surface area contributed by atoms with Gasteiger partial charge in [-0.2, -0.15) is 0 Å². The Hall–Kier alpha value is -0.680. The second kappa shape index (κ2) is 4.30. The lowest BCUT2D eigenvalue weighted by Crippen LogP contribution is -2.36. The number of fused-ring (bicyclic) bond motifs is 1. The van der Waals surface area contributed by atoms with E-state index < -0.39 is 5.79 Å². The van der Waals surface area contributed by atoms with Crippen molar-refractivity contribution in [2.24, 2.45) is 0 Å². The average molecular weight is 226 g/mol. The van der Waals surface area contributed by atoms with Crippen LogP contribution in [0.1, 0.15) is 13.8 Å². The molecule has 2 fully saturated rings. The zero-order valence-corrected chi connectivity index (χ0v) is 9.72.